The highest BCUT2D eigenvalue weighted by Gasteiger charge is 2.13. The van der Waals surface area contributed by atoms with Crippen LogP contribution in [0.1, 0.15) is 28.5 Å². The first-order valence-electron chi connectivity index (χ1n) is 6.77. The van der Waals surface area contributed by atoms with Gasteiger partial charge in [0, 0.05) is 19.3 Å². The molecule has 0 fully saturated rings. The van der Waals surface area contributed by atoms with E-state index in [2.05, 4.69) is 29.5 Å². The summed E-state index contributed by atoms with van der Waals surface area (Å²) >= 11 is 0. The van der Waals surface area contributed by atoms with E-state index in [1.54, 1.807) is 10.9 Å². The third-order valence-electron chi connectivity index (χ3n) is 3.27. The lowest BCUT2D eigenvalue weighted by Gasteiger charge is -2.06. The van der Waals surface area contributed by atoms with Crippen LogP contribution in [0.5, 0.6) is 0 Å². The van der Waals surface area contributed by atoms with Crippen LogP contribution in [0, 0.1) is 6.92 Å². The van der Waals surface area contributed by atoms with E-state index in [0.717, 1.165) is 6.42 Å². The first-order chi connectivity index (χ1) is 9.61. The number of nitrogens with one attached hydrogen (secondary N) is 1. The fraction of sp³-hybridized carbons (Fsp3) is 0.333. The molecule has 0 saturated carbocycles. The Labute approximate surface area is 118 Å². The van der Waals surface area contributed by atoms with Crippen LogP contribution in [0.3, 0.4) is 0 Å². The quantitative estimate of drug-likeness (QED) is 0.871. The average Bonchev–Trinajstić information content (AvgIpc) is 2.82. The highest BCUT2D eigenvalue weighted by Crippen LogP contribution is 2.09. The van der Waals surface area contributed by atoms with Crippen LogP contribution in [0.25, 0.3) is 0 Å². The Morgan fingerprint density at radius 2 is 2.15 bits per heavy atom. The highest BCUT2D eigenvalue weighted by molar-refractivity contribution is 5.96. The number of rotatable bonds is 5. The van der Waals surface area contributed by atoms with E-state index in [0.29, 0.717) is 24.5 Å². The summed E-state index contributed by atoms with van der Waals surface area (Å²) in [7, 11) is 0. The number of carbonyl (C=O) groups is 1. The topological polar surface area (TPSA) is 72.9 Å². The summed E-state index contributed by atoms with van der Waals surface area (Å²) in [5.41, 5.74) is 8.97. The van der Waals surface area contributed by atoms with Gasteiger partial charge in [-0.2, -0.15) is 5.10 Å². The van der Waals surface area contributed by atoms with Gasteiger partial charge in [-0.15, -0.1) is 0 Å². The molecule has 1 heterocycles. The molecule has 5 heteroatoms. The second kappa shape index (κ2) is 6.23. The molecule has 0 aliphatic rings. The maximum Gasteiger partial charge on any atom is 0.273 e. The fourth-order valence-electron chi connectivity index (χ4n) is 2.06. The number of nitrogen functional groups attached to an aromatic ring is 1. The monoisotopic (exact) mass is 272 g/mol. The molecule has 1 aromatic heterocycles. The lowest BCUT2D eigenvalue weighted by atomic mass is 10.1. The van der Waals surface area contributed by atoms with Crippen LogP contribution in [0.4, 0.5) is 5.69 Å². The van der Waals surface area contributed by atoms with Crippen molar-refractivity contribution in [1.29, 1.82) is 0 Å². The van der Waals surface area contributed by atoms with Crippen molar-refractivity contribution in [2.75, 3.05) is 12.3 Å². The van der Waals surface area contributed by atoms with Crippen molar-refractivity contribution in [1.82, 2.24) is 15.1 Å². The molecule has 0 saturated heterocycles. The Hall–Kier alpha value is -2.30. The zero-order valence-electron chi connectivity index (χ0n) is 11.9. The lowest BCUT2D eigenvalue weighted by Crippen LogP contribution is -2.27. The Balaban J connectivity index is 1.92. The average molecular weight is 272 g/mol. The van der Waals surface area contributed by atoms with Crippen LogP contribution < -0.4 is 11.1 Å². The van der Waals surface area contributed by atoms with Gasteiger partial charge < -0.3 is 11.1 Å². The molecule has 20 heavy (non-hydrogen) atoms. The number of nitrogens with zero attached hydrogens (tertiary/aromatic N) is 2. The summed E-state index contributed by atoms with van der Waals surface area (Å²) in [6.07, 6.45) is 2.48. The van der Waals surface area contributed by atoms with Crippen LogP contribution in [0.15, 0.2) is 30.5 Å². The zero-order valence-corrected chi connectivity index (χ0v) is 11.9. The van der Waals surface area contributed by atoms with Crippen molar-refractivity contribution >= 4 is 11.6 Å². The van der Waals surface area contributed by atoms with Gasteiger partial charge in [-0.25, -0.2) is 0 Å². The molecule has 0 unspecified atom stereocenters. The summed E-state index contributed by atoms with van der Waals surface area (Å²) in [6, 6.07) is 8.15. The molecular formula is C15H20N4O. The van der Waals surface area contributed by atoms with Crippen molar-refractivity contribution in [3.8, 4) is 0 Å². The predicted molar refractivity (Wildman–Crippen MR) is 79.5 cm³/mol. The molecule has 5 nitrogen and oxygen atoms in total. The van der Waals surface area contributed by atoms with Gasteiger partial charge in [-0.05, 0) is 31.4 Å². The van der Waals surface area contributed by atoms with Gasteiger partial charge >= 0.3 is 0 Å². The summed E-state index contributed by atoms with van der Waals surface area (Å²) in [5, 5.41) is 7.01. The number of carbonyl (C=O) groups excluding carboxylic acids is 1. The Morgan fingerprint density at radius 1 is 1.40 bits per heavy atom. The normalized spacial score (nSPS) is 10.5. The van der Waals surface area contributed by atoms with E-state index in [4.69, 9.17) is 5.73 Å². The molecule has 0 aliphatic carbocycles. The molecule has 2 rings (SSSR count). The standard InChI is InChI=1S/C15H20N4O/c1-3-19-10-13(16)14(18-19)15(20)17-9-8-12-7-5-4-6-11(12)2/h4-7,10H,3,8-9,16H2,1-2H3,(H,17,20). The van der Waals surface area contributed by atoms with Gasteiger partial charge in [-0.1, -0.05) is 24.3 Å². The highest BCUT2D eigenvalue weighted by atomic mass is 16.1. The van der Waals surface area contributed by atoms with Gasteiger partial charge in [0.05, 0.1) is 5.69 Å². The van der Waals surface area contributed by atoms with E-state index in [1.165, 1.54) is 11.1 Å². The van der Waals surface area contributed by atoms with E-state index in [-0.39, 0.29) is 5.91 Å². The van der Waals surface area contributed by atoms with Gasteiger partial charge in [0.25, 0.3) is 5.91 Å². The van der Waals surface area contributed by atoms with Gasteiger partial charge in [0.2, 0.25) is 0 Å². The van der Waals surface area contributed by atoms with E-state index in [1.807, 2.05) is 19.1 Å². The Morgan fingerprint density at radius 3 is 2.80 bits per heavy atom. The predicted octanol–water partition coefficient (Wildman–Crippen LogP) is 1.77. The largest absolute Gasteiger partial charge is 0.396 e. The molecule has 106 valence electrons. The van der Waals surface area contributed by atoms with Crippen molar-refractivity contribution in [3.05, 3.63) is 47.3 Å². The second-order valence-electron chi connectivity index (χ2n) is 4.72. The van der Waals surface area contributed by atoms with Crippen molar-refractivity contribution in [2.45, 2.75) is 26.8 Å². The van der Waals surface area contributed by atoms with Crippen molar-refractivity contribution in [2.24, 2.45) is 0 Å². The molecular weight excluding hydrogens is 252 g/mol. The summed E-state index contributed by atoms with van der Waals surface area (Å²) in [6.45, 7) is 5.28. The number of amides is 1. The van der Waals surface area contributed by atoms with Crippen LogP contribution >= 0.6 is 0 Å². The van der Waals surface area contributed by atoms with Crippen LogP contribution in [-0.2, 0) is 13.0 Å². The summed E-state index contributed by atoms with van der Waals surface area (Å²) in [5.74, 6) is -0.219. The minimum atomic E-state index is -0.219. The first kappa shape index (κ1) is 14.1. The molecule has 0 atom stereocenters. The molecule has 0 bridgehead atoms. The zero-order chi connectivity index (χ0) is 14.5. The number of aromatic nitrogens is 2. The number of nitrogens with two attached hydrogens (primary N) is 1. The molecule has 0 aliphatic heterocycles. The van der Waals surface area contributed by atoms with E-state index < -0.39 is 0 Å². The molecule has 2 aromatic rings. The fourth-order valence-corrected chi connectivity index (χ4v) is 2.06. The van der Waals surface area contributed by atoms with Crippen molar-refractivity contribution in [3.63, 3.8) is 0 Å². The Kier molecular flexibility index (Phi) is 4.40. The van der Waals surface area contributed by atoms with Gasteiger partial charge in [0.15, 0.2) is 5.69 Å². The van der Waals surface area contributed by atoms with Crippen LogP contribution in [-0.4, -0.2) is 22.2 Å². The summed E-state index contributed by atoms with van der Waals surface area (Å²) < 4.78 is 1.66. The summed E-state index contributed by atoms with van der Waals surface area (Å²) in [4.78, 5) is 12.0. The van der Waals surface area contributed by atoms with E-state index in [9.17, 15) is 4.79 Å². The van der Waals surface area contributed by atoms with Crippen LogP contribution in [0.2, 0.25) is 0 Å². The van der Waals surface area contributed by atoms with Gasteiger partial charge in [-0.3, -0.25) is 9.48 Å². The SMILES string of the molecule is CCn1cc(N)c(C(=O)NCCc2ccccc2C)n1. The number of benzene rings is 1. The number of aryl methyl sites for hydroxylation is 2. The lowest BCUT2D eigenvalue weighted by molar-refractivity contribution is 0.0949. The number of hydrogen-bond acceptors (Lipinski definition) is 3. The first-order valence-corrected chi connectivity index (χ1v) is 6.77. The maximum absolute atomic E-state index is 12.0. The van der Waals surface area contributed by atoms with Gasteiger partial charge in [0.1, 0.15) is 0 Å². The molecule has 3 N–H and O–H groups in total. The molecule has 0 spiro atoms. The number of hydrogen-bond donors (Lipinski definition) is 2. The van der Waals surface area contributed by atoms with E-state index >= 15 is 0 Å². The second-order valence-corrected chi connectivity index (χ2v) is 4.72. The molecule has 1 amide bonds. The number of anilines is 1. The smallest absolute Gasteiger partial charge is 0.273 e. The molecule has 0 radical (unpaired) electrons. The maximum atomic E-state index is 12.0. The third kappa shape index (κ3) is 3.17. The third-order valence-corrected chi connectivity index (χ3v) is 3.27. The van der Waals surface area contributed by atoms with Crippen molar-refractivity contribution < 1.29 is 4.79 Å². The Bertz CT molecular complexity index is 604. The minimum absolute atomic E-state index is 0.219. The molecule has 1 aromatic carbocycles. The minimum Gasteiger partial charge on any atom is -0.396 e.